The van der Waals surface area contributed by atoms with Gasteiger partial charge in [-0.25, -0.2) is 4.79 Å². The lowest BCUT2D eigenvalue weighted by Crippen LogP contribution is -2.10. The topological polar surface area (TPSA) is 64.7 Å². The number of nitrogens with zero attached hydrogens (tertiary/aromatic N) is 1. The van der Waals surface area contributed by atoms with Crippen LogP contribution in [-0.4, -0.2) is 11.8 Å². The van der Waals surface area contributed by atoms with E-state index in [0.29, 0.717) is 6.42 Å². The molecule has 0 aromatic rings. The van der Waals surface area contributed by atoms with Crippen LogP contribution in [0.25, 0.3) is 0 Å². The van der Waals surface area contributed by atoms with Gasteiger partial charge in [0.2, 0.25) is 0 Å². The summed E-state index contributed by atoms with van der Waals surface area (Å²) in [7, 11) is 0. The zero-order valence-corrected chi connectivity index (χ0v) is 8.12. The maximum Gasteiger partial charge on any atom is 0.430 e. The Morgan fingerprint density at radius 1 is 1.46 bits per heavy atom. The van der Waals surface area contributed by atoms with E-state index in [1.165, 1.54) is 0 Å². The van der Waals surface area contributed by atoms with Crippen LogP contribution in [0, 0.1) is 0 Å². The van der Waals surface area contributed by atoms with Crippen LogP contribution in [0.4, 0.5) is 4.79 Å². The first kappa shape index (κ1) is 11.7. The minimum Gasteiger partial charge on any atom is -0.333 e. The van der Waals surface area contributed by atoms with Gasteiger partial charge in [-0.2, -0.15) is 0 Å². The molecule has 13 heavy (non-hydrogen) atoms. The second kappa shape index (κ2) is 7.34. The molecule has 0 aliphatic rings. The van der Waals surface area contributed by atoms with Gasteiger partial charge >= 0.3 is 6.09 Å². The molecule has 0 aromatic carbocycles. The number of rotatable bonds is 5. The molecular weight excluding hydrogens is 168 g/mol. The highest BCUT2D eigenvalue weighted by Crippen LogP contribution is 1.96. The zero-order chi connectivity index (χ0) is 10.1. The predicted molar refractivity (Wildman–Crippen MR) is 52.4 cm³/mol. The van der Waals surface area contributed by atoms with Crippen molar-refractivity contribution < 1.29 is 9.63 Å². The van der Waals surface area contributed by atoms with Crippen molar-refractivity contribution in [3.8, 4) is 0 Å². The summed E-state index contributed by atoms with van der Waals surface area (Å²) in [6.07, 6.45) is 5.61. The minimum atomic E-state index is -0.870. The number of hydrogen-bond donors (Lipinski definition) is 1. The molecule has 0 bridgehead atoms. The van der Waals surface area contributed by atoms with Crippen molar-refractivity contribution in [2.24, 2.45) is 10.9 Å². The Hall–Kier alpha value is -1.32. The second-order valence-corrected chi connectivity index (χ2v) is 2.51. The normalized spacial score (nSPS) is 12.0. The summed E-state index contributed by atoms with van der Waals surface area (Å²) < 4.78 is 0. The molecular formula is C9H16N2O2. The van der Waals surface area contributed by atoms with Gasteiger partial charge in [0.15, 0.2) is 0 Å². The number of nitrogens with two attached hydrogens (primary N) is 1. The summed E-state index contributed by atoms with van der Waals surface area (Å²) in [6.45, 7) is 4.00. The number of amides is 1. The fraction of sp³-hybridized carbons (Fsp3) is 0.556. The fourth-order valence-electron chi connectivity index (χ4n) is 0.742. The summed E-state index contributed by atoms with van der Waals surface area (Å²) in [5.41, 5.74) is 5.57. The van der Waals surface area contributed by atoms with Gasteiger partial charge in [0.05, 0.1) is 5.71 Å². The SMILES string of the molecule is CCC=CCC(CC)=NOC(N)=O. The highest BCUT2D eigenvalue weighted by molar-refractivity contribution is 5.85. The first-order valence-corrected chi connectivity index (χ1v) is 4.37. The number of primary amides is 1. The number of hydrogen-bond acceptors (Lipinski definition) is 3. The first-order valence-electron chi connectivity index (χ1n) is 4.37. The van der Waals surface area contributed by atoms with Gasteiger partial charge < -0.3 is 5.73 Å². The van der Waals surface area contributed by atoms with Crippen molar-refractivity contribution in [2.45, 2.75) is 33.1 Å². The molecule has 0 heterocycles. The number of oxime groups is 1. The van der Waals surface area contributed by atoms with Crippen molar-refractivity contribution in [1.82, 2.24) is 0 Å². The molecule has 0 aromatic heterocycles. The first-order chi connectivity index (χ1) is 6.20. The quantitative estimate of drug-likeness (QED) is 0.308. The smallest absolute Gasteiger partial charge is 0.333 e. The third kappa shape index (κ3) is 7.05. The van der Waals surface area contributed by atoms with Crippen LogP contribution >= 0.6 is 0 Å². The average Bonchev–Trinajstić information content (AvgIpc) is 2.10. The van der Waals surface area contributed by atoms with Gasteiger partial charge in [-0.15, -0.1) is 0 Å². The van der Waals surface area contributed by atoms with E-state index in [0.717, 1.165) is 18.6 Å². The zero-order valence-electron chi connectivity index (χ0n) is 8.12. The number of carbonyl (C=O) groups excluding carboxylic acids is 1. The molecule has 0 spiro atoms. The van der Waals surface area contributed by atoms with E-state index in [1.807, 2.05) is 19.1 Å². The lowest BCUT2D eigenvalue weighted by atomic mass is 10.2. The Morgan fingerprint density at radius 3 is 2.62 bits per heavy atom. The van der Waals surface area contributed by atoms with E-state index in [2.05, 4.69) is 16.9 Å². The van der Waals surface area contributed by atoms with Gasteiger partial charge in [-0.3, -0.25) is 4.84 Å². The minimum absolute atomic E-state index is 0.706. The predicted octanol–water partition coefficient (Wildman–Crippen LogP) is 2.20. The molecule has 4 heteroatoms. The summed E-state index contributed by atoms with van der Waals surface area (Å²) in [4.78, 5) is 14.5. The fourth-order valence-corrected chi connectivity index (χ4v) is 0.742. The van der Waals surface area contributed by atoms with Crippen LogP contribution in [0.1, 0.15) is 33.1 Å². The van der Waals surface area contributed by atoms with Crippen LogP contribution in [0.3, 0.4) is 0 Å². The number of carbonyl (C=O) groups is 1. The van der Waals surface area contributed by atoms with Crippen LogP contribution in [0.15, 0.2) is 17.3 Å². The Labute approximate surface area is 78.4 Å². The summed E-state index contributed by atoms with van der Waals surface area (Å²) in [5.74, 6) is 0. The molecule has 0 rings (SSSR count). The summed E-state index contributed by atoms with van der Waals surface area (Å²) >= 11 is 0. The molecule has 0 radical (unpaired) electrons. The lowest BCUT2D eigenvalue weighted by molar-refractivity contribution is 0.161. The molecule has 0 unspecified atom stereocenters. The Balaban J connectivity index is 3.93. The molecule has 0 aliphatic carbocycles. The summed E-state index contributed by atoms with van der Waals surface area (Å²) in [5, 5.41) is 3.60. The molecule has 0 fully saturated rings. The van der Waals surface area contributed by atoms with E-state index < -0.39 is 6.09 Å². The molecule has 0 aliphatic heterocycles. The van der Waals surface area contributed by atoms with E-state index in [-0.39, 0.29) is 0 Å². The maximum atomic E-state index is 10.2. The molecule has 0 atom stereocenters. The van der Waals surface area contributed by atoms with Crippen molar-refractivity contribution in [2.75, 3.05) is 0 Å². The molecule has 0 saturated heterocycles. The van der Waals surface area contributed by atoms with E-state index in [9.17, 15) is 4.79 Å². The largest absolute Gasteiger partial charge is 0.430 e. The van der Waals surface area contributed by atoms with Crippen LogP contribution in [-0.2, 0) is 4.84 Å². The Bertz CT molecular complexity index is 210. The van der Waals surface area contributed by atoms with Crippen molar-refractivity contribution in [3.05, 3.63) is 12.2 Å². The molecule has 0 saturated carbocycles. The van der Waals surface area contributed by atoms with Crippen molar-refractivity contribution in [1.29, 1.82) is 0 Å². The molecule has 74 valence electrons. The Morgan fingerprint density at radius 2 is 2.15 bits per heavy atom. The third-order valence-electron chi connectivity index (χ3n) is 1.43. The highest BCUT2D eigenvalue weighted by atomic mass is 16.7. The molecule has 4 nitrogen and oxygen atoms in total. The van der Waals surface area contributed by atoms with Gasteiger partial charge in [0.1, 0.15) is 0 Å². The maximum absolute atomic E-state index is 10.2. The van der Waals surface area contributed by atoms with E-state index >= 15 is 0 Å². The van der Waals surface area contributed by atoms with Crippen LogP contribution < -0.4 is 5.73 Å². The third-order valence-corrected chi connectivity index (χ3v) is 1.43. The average molecular weight is 184 g/mol. The van der Waals surface area contributed by atoms with Crippen LogP contribution in [0.2, 0.25) is 0 Å². The van der Waals surface area contributed by atoms with Gasteiger partial charge in [-0.05, 0) is 12.8 Å². The lowest BCUT2D eigenvalue weighted by Gasteiger charge is -1.97. The monoisotopic (exact) mass is 184 g/mol. The standard InChI is InChI=1S/C9H16N2O2/c1-3-5-6-7-8(4-2)11-13-9(10)12/h5-6H,3-4,7H2,1-2H3,(H2,10,12). The second-order valence-electron chi connectivity index (χ2n) is 2.51. The van der Waals surface area contributed by atoms with Gasteiger partial charge in [-0.1, -0.05) is 31.2 Å². The number of allylic oxidation sites excluding steroid dienone is 2. The van der Waals surface area contributed by atoms with Crippen molar-refractivity contribution >= 4 is 11.8 Å². The van der Waals surface area contributed by atoms with Crippen LogP contribution in [0.5, 0.6) is 0 Å². The summed E-state index contributed by atoms with van der Waals surface area (Å²) in [6, 6.07) is 0. The Kier molecular flexibility index (Phi) is 6.59. The van der Waals surface area contributed by atoms with Gasteiger partial charge in [0, 0.05) is 6.42 Å². The van der Waals surface area contributed by atoms with E-state index in [4.69, 9.17) is 5.73 Å². The highest BCUT2D eigenvalue weighted by Gasteiger charge is 1.95. The van der Waals surface area contributed by atoms with Crippen molar-refractivity contribution in [3.63, 3.8) is 0 Å². The van der Waals surface area contributed by atoms with Gasteiger partial charge in [0.25, 0.3) is 0 Å². The molecule has 1 amide bonds. The van der Waals surface area contributed by atoms with E-state index in [1.54, 1.807) is 0 Å². The molecule has 2 N–H and O–H groups in total.